The Labute approximate surface area is 99.6 Å². The molecule has 0 aliphatic carbocycles. The van der Waals surface area contributed by atoms with Gasteiger partial charge >= 0.3 is 6.18 Å². The van der Waals surface area contributed by atoms with E-state index in [0.717, 1.165) is 12.1 Å². The zero-order valence-electron chi connectivity index (χ0n) is 10.1. The lowest BCUT2D eigenvalue weighted by Crippen LogP contribution is -2.06. The molecule has 1 rings (SSSR count). The Hall–Kier alpha value is -1.47. The Kier molecular flexibility index (Phi) is 6.37. The molecule has 0 unspecified atom stereocenters. The molecule has 0 fully saturated rings. The van der Waals surface area contributed by atoms with Crippen molar-refractivity contribution in [1.29, 1.82) is 0 Å². The number of terminal acetylenes is 1. The first-order valence-corrected chi connectivity index (χ1v) is 5.14. The number of hydrogen-bond acceptors (Lipinski definition) is 1. The van der Waals surface area contributed by atoms with E-state index in [4.69, 9.17) is 11.2 Å². The lowest BCUT2D eigenvalue weighted by Gasteiger charge is -2.09. The molecule has 0 spiro atoms. The molecule has 0 bridgehead atoms. The smallest absolute Gasteiger partial charge is 0.380 e. The fourth-order valence-electron chi connectivity index (χ4n) is 1.19. The maximum absolute atomic E-state index is 12.4. The van der Waals surface area contributed by atoms with E-state index < -0.39 is 11.7 Å². The summed E-state index contributed by atoms with van der Waals surface area (Å²) in [4.78, 5) is 0. The molecule has 0 saturated carbocycles. The molecule has 0 amide bonds. The van der Waals surface area contributed by atoms with Gasteiger partial charge in [0.15, 0.2) is 0 Å². The molecular weight excluding hydrogens is 229 g/mol. The monoisotopic (exact) mass is 244 g/mol. The summed E-state index contributed by atoms with van der Waals surface area (Å²) >= 11 is 0. The van der Waals surface area contributed by atoms with Gasteiger partial charge in [-0.2, -0.15) is 13.2 Å². The van der Waals surface area contributed by atoms with Gasteiger partial charge in [-0.05, 0) is 23.8 Å². The summed E-state index contributed by atoms with van der Waals surface area (Å²) in [5.74, 6) is 2.18. The summed E-state index contributed by atoms with van der Waals surface area (Å²) < 4.78 is 42.0. The molecule has 0 radical (unpaired) electrons. The minimum Gasteiger partial charge on any atom is -0.380 e. The fraction of sp³-hybridized carbons (Fsp3) is 0.385. The lowest BCUT2D eigenvalue weighted by atomic mass is 10.1. The maximum atomic E-state index is 12.4. The van der Waals surface area contributed by atoms with Crippen LogP contribution in [0.4, 0.5) is 13.2 Å². The van der Waals surface area contributed by atoms with Gasteiger partial charge in [0.2, 0.25) is 0 Å². The van der Waals surface area contributed by atoms with Crippen molar-refractivity contribution in [3.05, 3.63) is 34.9 Å². The van der Waals surface area contributed by atoms with Crippen LogP contribution in [-0.2, 0) is 17.5 Å². The highest BCUT2D eigenvalue weighted by atomic mass is 19.4. The summed E-state index contributed by atoms with van der Waals surface area (Å²) in [6.07, 6.45) is 0.689. The highest BCUT2D eigenvalue weighted by Crippen LogP contribution is 2.30. The third kappa shape index (κ3) is 4.92. The van der Waals surface area contributed by atoms with Gasteiger partial charge in [-0.1, -0.05) is 19.8 Å². The Bertz CT molecular complexity index is 389. The molecule has 0 aromatic heterocycles. The maximum Gasteiger partial charge on any atom is 0.416 e. The zero-order chi connectivity index (χ0) is 13.5. The van der Waals surface area contributed by atoms with E-state index in [1.807, 2.05) is 13.8 Å². The van der Waals surface area contributed by atoms with E-state index in [2.05, 4.69) is 5.92 Å². The highest BCUT2D eigenvalue weighted by Gasteiger charge is 2.30. The van der Waals surface area contributed by atoms with Crippen LogP contribution in [0, 0.1) is 12.3 Å². The summed E-state index contributed by atoms with van der Waals surface area (Å²) in [5.41, 5.74) is -0.123. The van der Waals surface area contributed by atoms with Crippen molar-refractivity contribution in [1.82, 2.24) is 0 Å². The van der Waals surface area contributed by atoms with E-state index in [0.29, 0.717) is 5.56 Å². The second kappa shape index (κ2) is 6.97. The molecule has 1 aromatic carbocycles. The molecule has 1 nitrogen and oxygen atoms in total. The molecule has 0 saturated heterocycles. The topological polar surface area (TPSA) is 9.23 Å². The number of halogens is 3. The number of ether oxygens (including phenoxy) is 1. The van der Waals surface area contributed by atoms with Crippen LogP contribution in [0.25, 0.3) is 0 Å². The van der Waals surface area contributed by atoms with Gasteiger partial charge in [-0.25, -0.2) is 0 Å². The molecule has 0 N–H and O–H groups in total. The number of benzene rings is 1. The normalized spacial score (nSPS) is 10.2. The van der Waals surface area contributed by atoms with Crippen molar-refractivity contribution in [2.75, 3.05) is 7.11 Å². The van der Waals surface area contributed by atoms with Gasteiger partial charge in [0, 0.05) is 12.7 Å². The van der Waals surface area contributed by atoms with Crippen LogP contribution in [0.5, 0.6) is 0 Å². The fourth-order valence-corrected chi connectivity index (χ4v) is 1.19. The molecule has 0 heterocycles. The molecule has 94 valence electrons. The van der Waals surface area contributed by atoms with Crippen LogP contribution >= 0.6 is 0 Å². The summed E-state index contributed by atoms with van der Waals surface area (Å²) in [6, 6.07) is 3.47. The molecule has 0 aliphatic heterocycles. The number of methoxy groups -OCH3 is 1. The van der Waals surface area contributed by atoms with Crippen LogP contribution in [0.3, 0.4) is 0 Å². The van der Waals surface area contributed by atoms with Gasteiger partial charge in [-0.15, -0.1) is 6.42 Å². The van der Waals surface area contributed by atoms with Crippen molar-refractivity contribution in [2.24, 2.45) is 0 Å². The van der Waals surface area contributed by atoms with Crippen LogP contribution in [0.15, 0.2) is 18.2 Å². The van der Waals surface area contributed by atoms with Gasteiger partial charge < -0.3 is 4.74 Å². The quantitative estimate of drug-likeness (QED) is 0.718. The van der Waals surface area contributed by atoms with Crippen LogP contribution in [0.2, 0.25) is 0 Å². The van der Waals surface area contributed by atoms with Crippen LogP contribution < -0.4 is 0 Å². The minimum atomic E-state index is -4.38. The number of rotatable bonds is 2. The predicted octanol–water partition coefficient (Wildman–Crippen LogP) is 3.86. The average molecular weight is 244 g/mol. The van der Waals surface area contributed by atoms with Crippen molar-refractivity contribution in [3.8, 4) is 12.3 Å². The molecular formula is C13H15F3O. The first-order valence-electron chi connectivity index (χ1n) is 5.14. The number of alkyl halides is 3. The Morgan fingerprint density at radius 1 is 1.24 bits per heavy atom. The molecule has 17 heavy (non-hydrogen) atoms. The summed E-state index contributed by atoms with van der Waals surface area (Å²) in [5, 5.41) is 0. The minimum absolute atomic E-state index is 0.110. The molecule has 0 atom stereocenters. The third-order valence-electron chi connectivity index (χ3n) is 1.80. The summed E-state index contributed by atoms with van der Waals surface area (Å²) in [7, 11) is 1.41. The van der Waals surface area contributed by atoms with Crippen LogP contribution in [-0.4, -0.2) is 7.11 Å². The van der Waals surface area contributed by atoms with E-state index in [9.17, 15) is 13.2 Å². The largest absolute Gasteiger partial charge is 0.416 e. The van der Waals surface area contributed by atoms with Crippen LogP contribution in [0.1, 0.15) is 30.5 Å². The Morgan fingerprint density at radius 2 is 1.82 bits per heavy atom. The SMILES string of the molecule is C#Cc1cc(COC)cc(C(F)(F)F)c1.CC. The highest BCUT2D eigenvalue weighted by molar-refractivity contribution is 5.40. The van der Waals surface area contributed by atoms with Crippen molar-refractivity contribution in [3.63, 3.8) is 0 Å². The van der Waals surface area contributed by atoms with Crippen molar-refractivity contribution < 1.29 is 17.9 Å². The van der Waals surface area contributed by atoms with Gasteiger partial charge in [0.25, 0.3) is 0 Å². The number of hydrogen-bond donors (Lipinski definition) is 0. The third-order valence-corrected chi connectivity index (χ3v) is 1.80. The predicted molar refractivity (Wildman–Crippen MR) is 61.4 cm³/mol. The molecule has 4 heteroatoms. The van der Waals surface area contributed by atoms with Gasteiger partial charge in [0.05, 0.1) is 12.2 Å². The van der Waals surface area contributed by atoms with Gasteiger partial charge in [0.1, 0.15) is 0 Å². The first kappa shape index (κ1) is 15.5. The van der Waals surface area contributed by atoms with Crippen molar-refractivity contribution in [2.45, 2.75) is 26.6 Å². The Morgan fingerprint density at radius 3 is 2.24 bits per heavy atom. The van der Waals surface area contributed by atoms with E-state index in [1.54, 1.807) is 0 Å². The zero-order valence-corrected chi connectivity index (χ0v) is 10.1. The Balaban J connectivity index is 0.00000121. The van der Waals surface area contributed by atoms with Crippen molar-refractivity contribution >= 4 is 0 Å². The molecule has 0 aliphatic rings. The second-order valence-electron chi connectivity index (χ2n) is 2.99. The average Bonchev–Trinajstić information content (AvgIpc) is 2.30. The van der Waals surface area contributed by atoms with E-state index in [1.165, 1.54) is 13.2 Å². The van der Waals surface area contributed by atoms with E-state index >= 15 is 0 Å². The second-order valence-corrected chi connectivity index (χ2v) is 2.99. The summed E-state index contributed by atoms with van der Waals surface area (Å²) in [6.45, 7) is 4.11. The van der Waals surface area contributed by atoms with E-state index in [-0.39, 0.29) is 12.2 Å². The standard InChI is InChI=1S/C11H9F3O.C2H6/c1-3-8-4-9(7-15-2)6-10(5-8)11(12,13)14;1-2/h1,4-6H,7H2,2H3;1-2H3. The van der Waals surface area contributed by atoms with Gasteiger partial charge in [-0.3, -0.25) is 0 Å². The first-order chi connectivity index (χ1) is 7.97. The molecule has 1 aromatic rings. The lowest BCUT2D eigenvalue weighted by molar-refractivity contribution is -0.137.